The third kappa shape index (κ3) is 4.98. The Balaban J connectivity index is 2.22. The first-order valence-electron chi connectivity index (χ1n) is 5.10. The fourth-order valence-corrected chi connectivity index (χ4v) is 4.01. The minimum atomic E-state index is -0.372. The molecule has 1 rings (SSSR count). The lowest BCUT2D eigenvalue weighted by atomic mass is 10.4. The molecule has 16 heavy (non-hydrogen) atoms. The van der Waals surface area contributed by atoms with Crippen LogP contribution in [-0.4, -0.2) is 34.1 Å². The number of hydrogen-bond donors (Lipinski definition) is 3. The highest BCUT2D eigenvalue weighted by Crippen LogP contribution is 2.40. The highest BCUT2D eigenvalue weighted by Gasteiger charge is 2.28. The Morgan fingerprint density at radius 1 is 1.25 bits per heavy atom. The second-order valence-electron chi connectivity index (χ2n) is 3.67. The number of urea groups is 1. The highest BCUT2D eigenvalue weighted by atomic mass is 32.2. The molecule has 5 nitrogen and oxygen atoms in total. The first-order chi connectivity index (χ1) is 7.52. The second kappa shape index (κ2) is 6.24. The first kappa shape index (κ1) is 13.5. The maximum atomic E-state index is 11.3. The van der Waals surface area contributed by atoms with Crippen molar-refractivity contribution in [3.63, 3.8) is 0 Å². The van der Waals surface area contributed by atoms with Gasteiger partial charge in [-0.3, -0.25) is 10.2 Å². The zero-order valence-corrected chi connectivity index (χ0v) is 11.1. The van der Waals surface area contributed by atoms with Gasteiger partial charge < -0.3 is 5.32 Å². The van der Waals surface area contributed by atoms with Crippen molar-refractivity contribution in [2.24, 2.45) is 0 Å². The van der Waals surface area contributed by atoms with Gasteiger partial charge in [0.15, 0.2) is 0 Å². The van der Waals surface area contributed by atoms with Crippen molar-refractivity contribution in [1.82, 2.24) is 16.2 Å². The van der Waals surface area contributed by atoms with Crippen LogP contribution in [-0.2, 0) is 4.79 Å². The Kier molecular flexibility index (Phi) is 5.27. The molecule has 1 aliphatic rings. The summed E-state index contributed by atoms with van der Waals surface area (Å²) < 4.78 is 0.0474. The SMILES string of the molecule is CC(=O)NNC(=O)NCC1(C)SCCCS1. The van der Waals surface area contributed by atoms with Crippen molar-refractivity contribution in [3.8, 4) is 0 Å². The van der Waals surface area contributed by atoms with E-state index in [9.17, 15) is 9.59 Å². The molecule has 3 N–H and O–H groups in total. The van der Waals surface area contributed by atoms with Crippen molar-refractivity contribution < 1.29 is 9.59 Å². The number of carbonyl (C=O) groups excluding carboxylic acids is 2. The minimum absolute atomic E-state index is 0.0474. The Labute approximate surface area is 104 Å². The third-order valence-corrected chi connectivity index (χ3v) is 5.23. The molecule has 1 aliphatic heterocycles. The fourth-order valence-electron chi connectivity index (χ4n) is 1.21. The highest BCUT2D eigenvalue weighted by molar-refractivity contribution is 8.18. The molecule has 1 fully saturated rings. The van der Waals surface area contributed by atoms with Crippen molar-refractivity contribution in [1.29, 1.82) is 0 Å². The van der Waals surface area contributed by atoms with Crippen LogP contribution in [0.15, 0.2) is 0 Å². The fraction of sp³-hybridized carbons (Fsp3) is 0.778. The Hall–Kier alpha value is -0.560. The van der Waals surface area contributed by atoms with Gasteiger partial charge in [-0.25, -0.2) is 10.2 Å². The largest absolute Gasteiger partial charge is 0.334 e. The quantitative estimate of drug-likeness (QED) is 0.648. The van der Waals surface area contributed by atoms with Crippen LogP contribution in [0.5, 0.6) is 0 Å². The summed E-state index contributed by atoms with van der Waals surface area (Å²) in [7, 11) is 0. The molecule has 7 heteroatoms. The molecule has 0 aliphatic carbocycles. The standard InChI is InChI=1S/C9H17N3O2S2/c1-7(13)11-12-8(14)10-6-9(2)15-4-3-5-16-9/h3-6H2,1-2H3,(H,11,13)(H2,10,12,14). The maximum Gasteiger partial charge on any atom is 0.333 e. The van der Waals surface area contributed by atoms with Crippen molar-refractivity contribution >= 4 is 35.5 Å². The molecule has 0 unspecified atom stereocenters. The molecule has 0 aromatic heterocycles. The van der Waals surface area contributed by atoms with Crippen molar-refractivity contribution in [3.05, 3.63) is 0 Å². The molecule has 0 aromatic carbocycles. The van der Waals surface area contributed by atoms with E-state index in [4.69, 9.17) is 0 Å². The Morgan fingerprint density at radius 3 is 2.44 bits per heavy atom. The van der Waals surface area contributed by atoms with E-state index in [1.165, 1.54) is 13.3 Å². The lowest BCUT2D eigenvalue weighted by Gasteiger charge is -2.32. The van der Waals surface area contributed by atoms with Gasteiger partial charge in [-0.15, -0.1) is 23.5 Å². The summed E-state index contributed by atoms with van der Waals surface area (Å²) in [6.07, 6.45) is 1.23. The van der Waals surface area contributed by atoms with Gasteiger partial charge in [0.05, 0.1) is 4.08 Å². The molecule has 92 valence electrons. The molecule has 3 amide bonds. The smallest absolute Gasteiger partial charge is 0.333 e. The second-order valence-corrected chi connectivity index (χ2v) is 7.13. The molecule has 0 atom stereocenters. The van der Waals surface area contributed by atoms with Crippen molar-refractivity contribution in [2.45, 2.75) is 24.3 Å². The maximum absolute atomic E-state index is 11.3. The van der Waals surface area contributed by atoms with E-state index < -0.39 is 0 Å². The topological polar surface area (TPSA) is 70.2 Å². The van der Waals surface area contributed by atoms with E-state index in [1.807, 2.05) is 23.5 Å². The van der Waals surface area contributed by atoms with Gasteiger partial charge >= 0.3 is 6.03 Å². The zero-order chi connectivity index (χ0) is 12.0. The molecule has 0 aromatic rings. The predicted molar refractivity (Wildman–Crippen MR) is 68.3 cm³/mol. The number of nitrogens with one attached hydrogen (secondary N) is 3. The molecular weight excluding hydrogens is 246 g/mol. The van der Waals surface area contributed by atoms with Gasteiger partial charge in [0, 0.05) is 13.5 Å². The lowest BCUT2D eigenvalue weighted by Crippen LogP contribution is -2.49. The first-order valence-corrected chi connectivity index (χ1v) is 7.07. The van der Waals surface area contributed by atoms with E-state index in [0.717, 1.165) is 11.5 Å². The number of hydrazine groups is 1. The summed E-state index contributed by atoms with van der Waals surface area (Å²) in [5.41, 5.74) is 4.50. The average Bonchev–Trinajstić information content (AvgIpc) is 2.25. The average molecular weight is 263 g/mol. The number of thioether (sulfide) groups is 2. The van der Waals surface area contributed by atoms with E-state index in [1.54, 1.807) is 0 Å². The summed E-state index contributed by atoms with van der Waals surface area (Å²) in [6, 6.07) is -0.372. The molecule has 1 saturated heterocycles. The van der Waals surface area contributed by atoms with Crippen LogP contribution in [0.4, 0.5) is 4.79 Å². The number of hydrogen-bond acceptors (Lipinski definition) is 4. The van der Waals surface area contributed by atoms with E-state index >= 15 is 0 Å². The monoisotopic (exact) mass is 263 g/mol. The molecular formula is C9H17N3O2S2. The molecule has 0 saturated carbocycles. The van der Waals surface area contributed by atoms with E-state index in [0.29, 0.717) is 6.54 Å². The lowest BCUT2D eigenvalue weighted by molar-refractivity contribution is -0.119. The number of carbonyl (C=O) groups is 2. The summed E-state index contributed by atoms with van der Waals surface area (Å²) >= 11 is 3.73. The summed E-state index contributed by atoms with van der Waals surface area (Å²) in [5.74, 6) is 1.99. The zero-order valence-electron chi connectivity index (χ0n) is 9.46. The van der Waals surface area contributed by atoms with Crippen LogP contribution in [0.1, 0.15) is 20.3 Å². The van der Waals surface area contributed by atoms with E-state index in [2.05, 4.69) is 23.1 Å². The molecule has 0 radical (unpaired) electrons. The van der Waals surface area contributed by atoms with Gasteiger partial charge in [-0.1, -0.05) is 0 Å². The van der Waals surface area contributed by atoms with E-state index in [-0.39, 0.29) is 16.0 Å². The van der Waals surface area contributed by atoms with Crippen LogP contribution in [0, 0.1) is 0 Å². The Morgan fingerprint density at radius 2 is 1.88 bits per heavy atom. The number of amides is 3. The number of rotatable bonds is 2. The molecule has 0 spiro atoms. The summed E-state index contributed by atoms with van der Waals surface area (Å²) in [6.45, 7) is 4.06. The van der Waals surface area contributed by atoms with Gasteiger partial charge in [-0.2, -0.15) is 0 Å². The molecule has 1 heterocycles. The van der Waals surface area contributed by atoms with Gasteiger partial charge in [-0.05, 0) is 24.9 Å². The third-order valence-electron chi connectivity index (χ3n) is 2.03. The van der Waals surface area contributed by atoms with Gasteiger partial charge in [0.1, 0.15) is 0 Å². The van der Waals surface area contributed by atoms with Crippen LogP contribution in [0.25, 0.3) is 0 Å². The van der Waals surface area contributed by atoms with Crippen LogP contribution >= 0.6 is 23.5 Å². The predicted octanol–water partition coefficient (Wildman–Crippen LogP) is 0.923. The normalized spacial score (nSPS) is 18.6. The summed E-state index contributed by atoms with van der Waals surface area (Å²) in [4.78, 5) is 21.8. The minimum Gasteiger partial charge on any atom is -0.334 e. The van der Waals surface area contributed by atoms with Gasteiger partial charge in [0.2, 0.25) is 5.91 Å². The van der Waals surface area contributed by atoms with Crippen LogP contribution < -0.4 is 16.2 Å². The van der Waals surface area contributed by atoms with Crippen LogP contribution in [0.3, 0.4) is 0 Å². The van der Waals surface area contributed by atoms with Crippen LogP contribution in [0.2, 0.25) is 0 Å². The molecule has 0 bridgehead atoms. The van der Waals surface area contributed by atoms with Crippen molar-refractivity contribution in [2.75, 3.05) is 18.1 Å². The Bertz CT molecular complexity index is 267. The summed E-state index contributed by atoms with van der Waals surface area (Å²) in [5, 5.41) is 2.74. The van der Waals surface area contributed by atoms with Gasteiger partial charge in [0.25, 0.3) is 0 Å².